The summed E-state index contributed by atoms with van der Waals surface area (Å²) in [7, 11) is 0. The third-order valence-corrected chi connectivity index (χ3v) is 3.24. The number of alkyl halides is 1. The fourth-order valence-corrected chi connectivity index (χ4v) is 2.21. The van der Waals surface area contributed by atoms with Crippen LogP contribution in [0.5, 0.6) is 5.75 Å². The number of ether oxygens (including phenoxy) is 1. The summed E-state index contributed by atoms with van der Waals surface area (Å²) in [5, 5.41) is 0. The molecule has 1 saturated heterocycles. The first kappa shape index (κ1) is 13.1. The second-order valence-corrected chi connectivity index (χ2v) is 4.56. The number of benzene rings is 1. The molecule has 98 valence electrons. The van der Waals surface area contributed by atoms with Crippen LogP contribution in [0.3, 0.4) is 0 Å². The summed E-state index contributed by atoms with van der Waals surface area (Å²) in [4.78, 5) is 13.1. The SMILES string of the molecule is O=C(CCl)N1CCC(Oc2cccc(F)c2)CC1. The van der Waals surface area contributed by atoms with Crippen molar-refractivity contribution < 1.29 is 13.9 Å². The van der Waals surface area contributed by atoms with Gasteiger partial charge in [0.05, 0.1) is 0 Å². The Hall–Kier alpha value is -1.29. The largest absolute Gasteiger partial charge is 0.490 e. The summed E-state index contributed by atoms with van der Waals surface area (Å²) in [6.45, 7) is 1.29. The maximum absolute atomic E-state index is 13.0. The second-order valence-electron chi connectivity index (χ2n) is 4.29. The maximum atomic E-state index is 13.0. The molecule has 0 unspecified atom stereocenters. The van der Waals surface area contributed by atoms with Gasteiger partial charge in [0.1, 0.15) is 23.6 Å². The number of carbonyl (C=O) groups is 1. The highest BCUT2D eigenvalue weighted by molar-refractivity contribution is 6.27. The normalized spacial score (nSPS) is 16.7. The monoisotopic (exact) mass is 271 g/mol. The number of rotatable bonds is 3. The Labute approximate surface area is 110 Å². The molecule has 0 aromatic heterocycles. The molecule has 1 amide bonds. The predicted octanol–water partition coefficient (Wildman–Crippen LogP) is 2.43. The Morgan fingerprint density at radius 3 is 2.78 bits per heavy atom. The van der Waals surface area contributed by atoms with Crippen LogP contribution in [0.2, 0.25) is 0 Å². The Morgan fingerprint density at radius 2 is 2.17 bits per heavy atom. The van der Waals surface area contributed by atoms with E-state index >= 15 is 0 Å². The standard InChI is InChI=1S/C13H15ClFNO2/c14-9-13(17)16-6-4-11(5-7-16)18-12-3-1-2-10(15)8-12/h1-3,8,11H,4-7,9H2. The second kappa shape index (κ2) is 6.05. The molecule has 1 fully saturated rings. The molecule has 18 heavy (non-hydrogen) atoms. The van der Waals surface area contributed by atoms with Crippen LogP contribution in [-0.4, -0.2) is 35.9 Å². The average Bonchev–Trinajstić information content (AvgIpc) is 2.39. The molecule has 1 aromatic rings. The lowest BCUT2D eigenvalue weighted by atomic mass is 10.1. The number of piperidine rings is 1. The fourth-order valence-electron chi connectivity index (χ4n) is 2.04. The molecule has 1 aromatic carbocycles. The minimum Gasteiger partial charge on any atom is -0.490 e. The van der Waals surface area contributed by atoms with Crippen LogP contribution in [0.1, 0.15) is 12.8 Å². The molecule has 1 aliphatic heterocycles. The van der Waals surface area contributed by atoms with Crippen LogP contribution in [-0.2, 0) is 4.79 Å². The van der Waals surface area contributed by atoms with Gasteiger partial charge in [-0.1, -0.05) is 6.07 Å². The third-order valence-electron chi connectivity index (χ3n) is 3.01. The van der Waals surface area contributed by atoms with Crippen LogP contribution in [0.4, 0.5) is 4.39 Å². The molecule has 3 nitrogen and oxygen atoms in total. The van der Waals surface area contributed by atoms with Crippen LogP contribution in [0.25, 0.3) is 0 Å². The topological polar surface area (TPSA) is 29.5 Å². The van der Waals surface area contributed by atoms with Crippen molar-refractivity contribution in [1.82, 2.24) is 4.90 Å². The van der Waals surface area contributed by atoms with E-state index in [1.807, 2.05) is 0 Å². The smallest absolute Gasteiger partial charge is 0.237 e. The van der Waals surface area contributed by atoms with Gasteiger partial charge in [-0.15, -0.1) is 11.6 Å². The molecule has 0 saturated carbocycles. The van der Waals surface area contributed by atoms with E-state index in [0.717, 1.165) is 12.8 Å². The minimum atomic E-state index is -0.303. The van der Waals surface area contributed by atoms with E-state index in [4.69, 9.17) is 16.3 Å². The molecule has 0 radical (unpaired) electrons. The Balaban J connectivity index is 1.85. The van der Waals surface area contributed by atoms with Crippen LogP contribution < -0.4 is 4.74 Å². The molecule has 5 heteroatoms. The van der Waals surface area contributed by atoms with E-state index in [-0.39, 0.29) is 23.7 Å². The molecule has 1 heterocycles. The molecule has 2 rings (SSSR count). The molecule has 0 bridgehead atoms. The summed E-state index contributed by atoms with van der Waals surface area (Å²) in [6.07, 6.45) is 1.53. The Kier molecular flexibility index (Phi) is 4.42. The van der Waals surface area contributed by atoms with Crippen molar-refractivity contribution in [3.05, 3.63) is 30.1 Å². The van der Waals surface area contributed by atoms with Crippen LogP contribution in [0.15, 0.2) is 24.3 Å². The molecule has 0 N–H and O–H groups in total. The lowest BCUT2D eigenvalue weighted by molar-refractivity contribution is -0.130. The Morgan fingerprint density at radius 1 is 1.44 bits per heavy atom. The van der Waals surface area contributed by atoms with E-state index < -0.39 is 0 Å². The van der Waals surface area contributed by atoms with Crippen molar-refractivity contribution >= 4 is 17.5 Å². The van der Waals surface area contributed by atoms with E-state index in [9.17, 15) is 9.18 Å². The summed E-state index contributed by atoms with van der Waals surface area (Å²) in [5.74, 6) is 0.218. The van der Waals surface area contributed by atoms with Gasteiger partial charge in [-0.05, 0) is 12.1 Å². The van der Waals surface area contributed by atoms with E-state index in [1.54, 1.807) is 17.0 Å². The molecule has 1 aliphatic rings. The zero-order valence-electron chi connectivity index (χ0n) is 9.94. The van der Waals surface area contributed by atoms with Crippen molar-refractivity contribution in [2.24, 2.45) is 0 Å². The van der Waals surface area contributed by atoms with Gasteiger partial charge in [0, 0.05) is 32.0 Å². The molecule has 0 spiro atoms. The maximum Gasteiger partial charge on any atom is 0.237 e. The number of amides is 1. The summed E-state index contributed by atoms with van der Waals surface area (Å²) in [5.41, 5.74) is 0. The van der Waals surface area contributed by atoms with E-state index in [2.05, 4.69) is 0 Å². The quantitative estimate of drug-likeness (QED) is 0.791. The van der Waals surface area contributed by atoms with Gasteiger partial charge in [0.15, 0.2) is 0 Å². The fraction of sp³-hybridized carbons (Fsp3) is 0.462. The first-order valence-electron chi connectivity index (χ1n) is 5.95. The number of hydrogen-bond acceptors (Lipinski definition) is 2. The number of halogens is 2. The van der Waals surface area contributed by atoms with Gasteiger partial charge < -0.3 is 9.64 Å². The van der Waals surface area contributed by atoms with Crippen LogP contribution >= 0.6 is 11.6 Å². The highest BCUT2D eigenvalue weighted by atomic mass is 35.5. The summed E-state index contributed by atoms with van der Waals surface area (Å²) >= 11 is 5.50. The van der Waals surface area contributed by atoms with Gasteiger partial charge >= 0.3 is 0 Å². The molecular weight excluding hydrogens is 257 g/mol. The average molecular weight is 272 g/mol. The summed E-state index contributed by atoms with van der Waals surface area (Å²) < 4.78 is 18.7. The van der Waals surface area contributed by atoms with E-state index in [1.165, 1.54) is 12.1 Å². The molecule has 0 atom stereocenters. The first-order valence-corrected chi connectivity index (χ1v) is 6.48. The highest BCUT2D eigenvalue weighted by Crippen LogP contribution is 2.19. The summed E-state index contributed by atoms with van der Waals surface area (Å²) in [6, 6.07) is 6.11. The van der Waals surface area contributed by atoms with E-state index in [0.29, 0.717) is 18.8 Å². The van der Waals surface area contributed by atoms with Gasteiger partial charge in [-0.2, -0.15) is 0 Å². The number of hydrogen-bond donors (Lipinski definition) is 0. The van der Waals surface area contributed by atoms with Crippen molar-refractivity contribution in [1.29, 1.82) is 0 Å². The van der Waals surface area contributed by atoms with Crippen molar-refractivity contribution in [3.63, 3.8) is 0 Å². The molecule has 0 aliphatic carbocycles. The Bertz CT molecular complexity index is 419. The lowest BCUT2D eigenvalue weighted by Crippen LogP contribution is -2.42. The number of likely N-dealkylation sites (tertiary alicyclic amines) is 1. The highest BCUT2D eigenvalue weighted by Gasteiger charge is 2.23. The lowest BCUT2D eigenvalue weighted by Gasteiger charge is -2.31. The molecular formula is C13H15ClFNO2. The van der Waals surface area contributed by atoms with Gasteiger partial charge in [0.2, 0.25) is 5.91 Å². The van der Waals surface area contributed by atoms with Crippen molar-refractivity contribution in [2.75, 3.05) is 19.0 Å². The van der Waals surface area contributed by atoms with Crippen molar-refractivity contribution in [2.45, 2.75) is 18.9 Å². The number of nitrogens with zero attached hydrogens (tertiary/aromatic N) is 1. The predicted molar refractivity (Wildman–Crippen MR) is 67.4 cm³/mol. The van der Waals surface area contributed by atoms with Crippen molar-refractivity contribution in [3.8, 4) is 5.75 Å². The first-order chi connectivity index (χ1) is 8.69. The number of carbonyl (C=O) groups excluding carboxylic acids is 1. The zero-order chi connectivity index (χ0) is 13.0. The van der Waals surface area contributed by atoms with Gasteiger partial charge in [-0.25, -0.2) is 4.39 Å². The zero-order valence-corrected chi connectivity index (χ0v) is 10.7. The van der Waals surface area contributed by atoms with Gasteiger partial charge in [0.25, 0.3) is 0 Å². The van der Waals surface area contributed by atoms with Crippen LogP contribution in [0, 0.1) is 5.82 Å². The van der Waals surface area contributed by atoms with Gasteiger partial charge in [-0.3, -0.25) is 4.79 Å². The third kappa shape index (κ3) is 3.35. The minimum absolute atomic E-state index is 0.0232.